The lowest BCUT2D eigenvalue weighted by Gasteiger charge is -2.17. The molecule has 1 aliphatic rings. The van der Waals surface area contributed by atoms with Gasteiger partial charge in [0.05, 0.1) is 6.10 Å². The Hall–Kier alpha value is -0.610. The minimum absolute atomic E-state index is 0.108. The molecule has 0 aromatic heterocycles. The van der Waals surface area contributed by atoms with E-state index in [9.17, 15) is 4.79 Å². The van der Waals surface area contributed by atoms with Crippen LogP contribution in [0.1, 0.15) is 39.5 Å². The normalized spacial score (nSPS) is 21.8. The molecule has 1 heterocycles. The van der Waals surface area contributed by atoms with E-state index in [1.165, 1.54) is 0 Å². The zero-order chi connectivity index (χ0) is 12.7. The van der Waals surface area contributed by atoms with Crippen molar-refractivity contribution in [2.24, 2.45) is 17.6 Å². The largest absolute Gasteiger partial charge is 0.376 e. The molecule has 4 nitrogen and oxygen atoms in total. The summed E-state index contributed by atoms with van der Waals surface area (Å²) in [4.78, 5) is 11.7. The fourth-order valence-corrected chi connectivity index (χ4v) is 2.30. The molecule has 1 rings (SSSR count). The van der Waals surface area contributed by atoms with Crippen LogP contribution in [0.25, 0.3) is 0 Å². The summed E-state index contributed by atoms with van der Waals surface area (Å²) in [5.41, 5.74) is 5.68. The molecular formula is C13H26N2O2. The molecule has 4 heteroatoms. The van der Waals surface area contributed by atoms with Gasteiger partial charge in [0.2, 0.25) is 5.91 Å². The van der Waals surface area contributed by atoms with Gasteiger partial charge in [0.25, 0.3) is 0 Å². The number of amides is 1. The van der Waals surface area contributed by atoms with Crippen molar-refractivity contribution in [2.45, 2.75) is 45.6 Å². The first kappa shape index (κ1) is 14.5. The molecule has 2 unspecified atom stereocenters. The van der Waals surface area contributed by atoms with Crippen LogP contribution < -0.4 is 11.1 Å². The van der Waals surface area contributed by atoms with Crippen LogP contribution in [0.4, 0.5) is 0 Å². The van der Waals surface area contributed by atoms with Crippen LogP contribution in [0.3, 0.4) is 0 Å². The second-order valence-corrected chi connectivity index (χ2v) is 5.37. The molecule has 0 saturated carbocycles. The fraction of sp³-hybridized carbons (Fsp3) is 0.923. The van der Waals surface area contributed by atoms with Gasteiger partial charge >= 0.3 is 0 Å². The van der Waals surface area contributed by atoms with Gasteiger partial charge in [-0.3, -0.25) is 4.79 Å². The third-order valence-electron chi connectivity index (χ3n) is 3.16. The predicted octanol–water partition coefficient (Wildman–Crippen LogP) is 1.29. The smallest absolute Gasteiger partial charge is 0.220 e. The van der Waals surface area contributed by atoms with Crippen molar-refractivity contribution >= 4 is 5.91 Å². The van der Waals surface area contributed by atoms with Gasteiger partial charge in [-0.05, 0) is 37.6 Å². The third-order valence-corrected chi connectivity index (χ3v) is 3.16. The molecule has 0 radical (unpaired) electrons. The third kappa shape index (κ3) is 6.03. The Morgan fingerprint density at radius 2 is 2.29 bits per heavy atom. The molecule has 1 saturated heterocycles. The molecule has 1 amide bonds. The molecule has 0 aromatic rings. The highest BCUT2D eigenvalue weighted by atomic mass is 16.5. The van der Waals surface area contributed by atoms with Crippen molar-refractivity contribution in [3.63, 3.8) is 0 Å². The molecule has 0 aromatic carbocycles. The summed E-state index contributed by atoms with van der Waals surface area (Å²) in [5.74, 6) is 1.01. The zero-order valence-corrected chi connectivity index (χ0v) is 11.1. The lowest BCUT2D eigenvalue weighted by Crippen LogP contribution is -2.34. The van der Waals surface area contributed by atoms with Crippen molar-refractivity contribution in [1.82, 2.24) is 5.32 Å². The van der Waals surface area contributed by atoms with Gasteiger partial charge in [-0.1, -0.05) is 13.8 Å². The quantitative estimate of drug-likeness (QED) is 0.707. The number of rotatable bonds is 7. The van der Waals surface area contributed by atoms with E-state index in [1.54, 1.807) is 0 Å². The van der Waals surface area contributed by atoms with Crippen LogP contribution in [0.15, 0.2) is 0 Å². The molecule has 1 fully saturated rings. The molecule has 2 atom stereocenters. The first-order valence-corrected chi connectivity index (χ1v) is 6.70. The molecule has 0 bridgehead atoms. The van der Waals surface area contributed by atoms with E-state index in [0.29, 0.717) is 31.3 Å². The first-order chi connectivity index (χ1) is 8.11. The number of hydrogen-bond donors (Lipinski definition) is 2. The molecular weight excluding hydrogens is 216 g/mol. The van der Waals surface area contributed by atoms with Crippen molar-refractivity contribution in [1.29, 1.82) is 0 Å². The number of nitrogens with two attached hydrogens (primary N) is 1. The Morgan fingerprint density at radius 3 is 2.82 bits per heavy atom. The lowest BCUT2D eigenvalue weighted by atomic mass is 9.94. The van der Waals surface area contributed by atoms with Crippen LogP contribution in [-0.4, -0.2) is 31.7 Å². The van der Waals surface area contributed by atoms with Gasteiger partial charge in [0.1, 0.15) is 0 Å². The number of nitrogens with one attached hydrogen (secondary N) is 1. The van der Waals surface area contributed by atoms with Gasteiger partial charge in [0.15, 0.2) is 0 Å². The average Bonchev–Trinajstić information content (AvgIpc) is 2.77. The molecule has 3 N–H and O–H groups in total. The Balaban J connectivity index is 2.17. The van der Waals surface area contributed by atoms with E-state index in [-0.39, 0.29) is 12.0 Å². The summed E-state index contributed by atoms with van der Waals surface area (Å²) < 4.78 is 5.46. The summed E-state index contributed by atoms with van der Waals surface area (Å²) in [6, 6.07) is 0. The molecule has 17 heavy (non-hydrogen) atoms. The Bertz CT molecular complexity index is 225. The maximum atomic E-state index is 11.7. The number of carbonyl (C=O) groups is 1. The number of ether oxygens (including phenoxy) is 1. The fourth-order valence-electron chi connectivity index (χ4n) is 2.30. The summed E-state index contributed by atoms with van der Waals surface area (Å²) in [5, 5.41) is 2.94. The van der Waals surface area contributed by atoms with E-state index in [4.69, 9.17) is 10.5 Å². The minimum atomic E-state index is 0.108. The van der Waals surface area contributed by atoms with Crippen molar-refractivity contribution in [3.05, 3.63) is 0 Å². The maximum absolute atomic E-state index is 11.7. The molecule has 1 aliphatic heterocycles. The van der Waals surface area contributed by atoms with Gasteiger partial charge in [-0.15, -0.1) is 0 Å². The standard InChI is InChI=1S/C13H26N2O2/c1-10(2)6-11(8-14)7-13(16)15-9-12-4-3-5-17-12/h10-12H,3-9,14H2,1-2H3,(H,15,16). The Kier molecular flexibility index (Phi) is 6.52. The highest BCUT2D eigenvalue weighted by Gasteiger charge is 2.18. The molecule has 0 aliphatic carbocycles. The Morgan fingerprint density at radius 1 is 1.53 bits per heavy atom. The monoisotopic (exact) mass is 242 g/mol. The summed E-state index contributed by atoms with van der Waals surface area (Å²) in [6.45, 7) is 6.39. The number of hydrogen-bond acceptors (Lipinski definition) is 3. The van der Waals surface area contributed by atoms with E-state index in [1.807, 2.05) is 0 Å². The van der Waals surface area contributed by atoms with Gasteiger partial charge in [-0.25, -0.2) is 0 Å². The predicted molar refractivity (Wildman–Crippen MR) is 68.6 cm³/mol. The summed E-state index contributed by atoms with van der Waals surface area (Å²) in [6.07, 6.45) is 3.96. The van der Waals surface area contributed by atoms with Crippen LogP contribution in [0.2, 0.25) is 0 Å². The zero-order valence-electron chi connectivity index (χ0n) is 11.1. The van der Waals surface area contributed by atoms with Crippen LogP contribution in [-0.2, 0) is 9.53 Å². The lowest BCUT2D eigenvalue weighted by molar-refractivity contribution is -0.122. The highest BCUT2D eigenvalue weighted by molar-refractivity contribution is 5.76. The Labute approximate surface area is 104 Å². The van der Waals surface area contributed by atoms with Crippen LogP contribution in [0, 0.1) is 11.8 Å². The maximum Gasteiger partial charge on any atom is 0.220 e. The summed E-state index contributed by atoms with van der Waals surface area (Å²) >= 11 is 0. The van der Waals surface area contributed by atoms with Crippen LogP contribution in [0.5, 0.6) is 0 Å². The average molecular weight is 242 g/mol. The SMILES string of the molecule is CC(C)CC(CN)CC(=O)NCC1CCCO1. The first-order valence-electron chi connectivity index (χ1n) is 6.70. The van der Waals surface area contributed by atoms with Gasteiger partial charge in [-0.2, -0.15) is 0 Å². The second-order valence-electron chi connectivity index (χ2n) is 5.37. The van der Waals surface area contributed by atoms with Crippen molar-refractivity contribution < 1.29 is 9.53 Å². The molecule has 0 spiro atoms. The molecule has 100 valence electrons. The second kappa shape index (κ2) is 7.67. The summed E-state index contributed by atoms with van der Waals surface area (Å²) in [7, 11) is 0. The van der Waals surface area contributed by atoms with Gasteiger partial charge < -0.3 is 15.8 Å². The van der Waals surface area contributed by atoms with E-state index in [2.05, 4.69) is 19.2 Å². The van der Waals surface area contributed by atoms with Crippen molar-refractivity contribution in [2.75, 3.05) is 19.7 Å². The highest BCUT2D eigenvalue weighted by Crippen LogP contribution is 2.14. The van der Waals surface area contributed by atoms with Gasteiger partial charge in [0, 0.05) is 19.6 Å². The topological polar surface area (TPSA) is 64.4 Å². The van der Waals surface area contributed by atoms with Crippen LogP contribution >= 0.6 is 0 Å². The van der Waals surface area contributed by atoms with E-state index >= 15 is 0 Å². The van der Waals surface area contributed by atoms with E-state index in [0.717, 1.165) is 25.9 Å². The minimum Gasteiger partial charge on any atom is -0.376 e. The van der Waals surface area contributed by atoms with Crippen molar-refractivity contribution in [3.8, 4) is 0 Å². The van der Waals surface area contributed by atoms with E-state index < -0.39 is 0 Å². The number of carbonyl (C=O) groups excluding carboxylic acids is 1.